The van der Waals surface area contributed by atoms with Crippen molar-refractivity contribution in [2.24, 2.45) is 4.99 Å². The maximum Gasteiger partial charge on any atom is 0.242 e. The molecule has 1 saturated carbocycles. The van der Waals surface area contributed by atoms with Crippen LogP contribution < -0.4 is 5.32 Å². The highest BCUT2D eigenvalue weighted by atomic mass is 32.2. The van der Waals surface area contributed by atoms with Gasteiger partial charge in [-0.1, -0.05) is 36.0 Å². The van der Waals surface area contributed by atoms with Crippen LogP contribution in [0.4, 0.5) is 11.4 Å². The van der Waals surface area contributed by atoms with Crippen LogP contribution in [0.15, 0.2) is 41.4 Å². The van der Waals surface area contributed by atoms with Gasteiger partial charge in [-0.05, 0) is 74.9 Å². The second-order valence-electron chi connectivity index (χ2n) is 8.23. The Morgan fingerprint density at radius 1 is 1.07 bits per heavy atom. The first-order valence-corrected chi connectivity index (χ1v) is 11.2. The Kier molecular flexibility index (Phi) is 5.69. The molecule has 2 fully saturated rings. The van der Waals surface area contributed by atoms with Crippen LogP contribution in [0.5, 0.6) is 0 Å². The number of carbonyl (C=O) groups is 2. The average molecular weight is 422 g/mol. The van der Waals surface area contributed by atoms with Gasteiger partial charge in [0.1, 0.15) is 5.25 Å². The van der Waals surface area contributed by atoms with Crippen LogP contribution in [-0.4, -0.2) is 33.2 Å². The fourth-order valence-corrected chi connectivity index (χ4v) is 4.85. The number of amidine groups is 1. The molecule has 30 heavy (non-hydrogen) atoms. The molecule has 1 saturated heterocycles. The van der Waals surface area contributed by atoms with Crippen LogP contribution in [0.1, 0.15) is 41.5 Å². The molecule has 5 nitrogen and oxygen atoms in total. The normalized spacial score (nSPS) is 20.1. The zero-order valence-corrected chi connectivity index (χ0v) is 18.7. The summed E-state index contributed by atoms with van der Waals surface area (Å²) >= 11 is 1.41. The van der Waals surface area contributed by atoms with Crippen molar-refractivity contribution in [3.05, 3.63) is 58.7 Å². The van der Waals surface area contributed by atoms with Crippen LogP contribution in [0.25, 0.3) is 0 Å². The molecule has 2 aromatic carbocycles. The van der Waals surface area contributed by atoms with Crippen LogP contribution in [-0.2, 0) is 9.59 Å². The highest BCUT2D eigenvalue weighted by Gasteiger charge is 2.46. The number of thioether (sulfide) groups is 1. The van der Waals surface area contributed by atoms with Crippen LogP contribution in [0.2, 0.25) is 0 Å². The monoisotopic (exact) mass is 421 g/mol. The highest BCUT2D eigenvalue weighted by molar-refractivity contribution is 8.15. The van der Waals surface area contributed by atoms with Gasteiger partial charge >= 0.3 is 0 Å². The number of carbonyl (C=O) groups excluding carboxylic acids is 2. The number of rotatable bonds is 5. The molecule has 0 spiro atoms. The molecule has 1 aliphatic carbocycles. The number of amides is 2. The summed E-state index contributed by atoms with van der Waals surface area (Å²) in [7, 11) is 0. The minimum Gasteiger partial charge on any atom is -0.326 e. The Labute approximate surface area is 182 Å². The topological polar surface area (TPSA) is 61.8 Å². The van der Waals surface area contributed by atoms with Crippen molar-refractivity contribution in [2.45, 2.75) is 58.2 Å². The zero-order chi connectivity index (χ0) is 21.4. The van der Waals surface area contributed by atoms with E-state index in [4.69, 9.17) is 4.99 Å². The zero-order valence-electron chi connectivity index (χ0n) is 17.9. The van der Waals surface area contributed by atoms with Gasteiger partial charge in [-0.2, -0.15) is 0 Å². The Balaban J connectivity index is 1.52. The van der Waals surface area contributed by atoms with E-state index in [0.717, 1.165) is 40.5 Å². The van der Waals surface area contributed by atoms with Crippen molar-refractivity contribution in [2.75, 3.05) is 5.32 Å². The number of nitrogens with zero attached hydrogens (tertiary/aromatic N) is 2. The van der Waals surface area contributed by atoms with Crippen molar-refractivity contribution in [3.63, 3.8) is 0 Å². The van der Waals surface area contributed by atoms with Crippen LogP contribution >= 0.6 is 11.8 Å². The summed E-state index contributed by atoms with van der Waals surface area (Å²) in [5.41, 5.74) is 6.11. The van der Waals surface area contributed by atoms with Crippen molar-refractivity contribution in [3.8, 4) is 0 Å². The molecule has 0 unspecified atom stereocenters. The SMILES string of the molecule is Cc1ccc(N=C2S[C@H](CC(=O)Nc3c(C)cccc3C)C(=O)N2C2CC2)cc1C. The summed E-state index contributed by atoms with van der Waals surface area (Å²) in [6.07, 6.45) is 2.14. The fraction of sp³-hybridized carbons (Fsp3) is 0.375. The molecular formula is C24H27N3O2S. The number of hydrogen-bond donors (Lipinski definition) is 1. The third-order valence-corrected chi connectivity index (χ3v) is 6.86. The number of benzene rings is 2. The second-order valence-corrected chi connectivity index (χ2v) is 9.40. The number of para-hydroxylation sites is 1. The maximum atomic E-state index is 13.1. The summed E-state index contributed by atoms with van der Waals surface area (Å²) < 4.78 is 0. The molecule has 2 aromatic rings. The number of hydrogen-bond acceptors (Lipinski definition) is 4. The summed E-state index contributed by atoms with van der Waals surface area (Å²) in [6.45, 7) is 8.08. The number of anilines is 1. The molecule has 1 heterocycles. The lowest BCUT2D eigenvalue weighted by Gasteiger charge is -2.15. The lowest BCUT2D eigenvalue weighted by molar-refractivity contribution is -0.128. The summed E-state index contributed by atoms with van der Waals surface area (Å²) in [5, 5.41) is 3.29. The largest absolute Gasteiger partial charge is 0.326 e. The van der Waals surface area contributed by atoms with Crippen molar-refractivity contribution >= 4 is 40.1 Å². The Hall–Kier alpha value is -2.60. The summed E-state index contributed by atoms with van der Waals surface area (Å²) in [6, 6.07) is 12.2. The van der Waals surface area contributed by atoms with Crippen LogP contribution in [0.3, 0.4) is 0 Å². The third kappa shape index (κ3) is 4.29. The van der Waals surface area contributed by atoms with Gasteiger partial charge in [0.25, 0.3) is 0 Å². The molecule has 2 aliphatic rings. The molecule has 4 rings (SSSR count). The number of aryl methyl sites for hydroxylation is 4. The predicted molar refractivity (Wildman–Crippen MR) is 123 cm³/mol. The van der Waals surface area contributed by atoms with Crippen molar-refractivity contribution in [1.82, 2.24) is 4.90 Å². The standard InChI is InChI=1S/C24H27N3O2S/c1-14-8-9-18(12-17(14)4)25-24-27(19-10-11-19)23(29)20(30-24)13-21(28)26-22-15(2)6-5-7-16(22)3/h5-9,12,19-20H,10-11,13H2,1-4H3,(H,26,28)/t20-/m1/s1. The number of nitrogens with one attached hydrogen (secondary N) is 1. The van der Waals surface area contributed by atoms with Gasteiger partial charge in [-0.15, -0.1) is 0 Å². The molecule has 156 valence electrons. The number of aliphatic imine (C=N–C) groups is 1. The molecule has 6 heteroatoms. The van der Waals surface area contributed by atoms with Crippen molar-refractivity contribution in [1.29, 1.82) is 0 Å². The average Bonchev–Trinajstić information content (AvgIpc) is 3.47. The summed E-state index contributed by atoms with van der Waals surface area (Å²) in [5.74, 6) is -0.136. The molecular weight excluding hydrogens is 394 g/mol. The molecule has 1 atom stereocenters. The molecule has 1 N–H and O–H groups in total. The van der Waals surface area contributed by atoms with Gasteiger partial charge in [-0.25, -0.2) is 4.99 Å². The quantitative estimate of drug-likeness (QED) is 0.735. The van der Waals surface area contributed by atoms with Gasteiger partial charge in [0.05, 0.1) is 5.69 Å². The molecule has 0 radical (unpaired) electrons. The molecule has 1 aliphatic heterocycles. The molecule has 0 aromatic heterocycles. The fourth-order valence-electron chi connectivity index (χ4n) is 3.64. The van der Waals surface area contributed by atoms with Crippen molar-refractivity contribution < 1.29 is 9.59 Å². The Bertz CT molecular complexity index is 1020. The van der Waals surface area contributed by atoms with E-state index in [0.29, 0.717) is 0 Å². The minimum atomic E-state index is -0.430. The first-order chi connectivity index (χ1) is 14.3. The van der Waals surface area contributed by atoms with Gasteiger partial charge in [0.15, 0.2) is 5.17 Å². The molecule has 0 bridgehead atoms. The van der Waals surface area contributed by atoms with Crippen LogP contribution in [0, 0.1) is 27.7 Å². The van der Waals surface area contributed by atoms with E-state index in [1.165, 1.54) is 22.9 Å². The van der Waals surface area contributed by atoms with E-state index in [1.54, 1.807) is 0 Å². The third-order valence-electron chi connectivity index (χ3n) is 5.71. The lowest BCUT2D eigenvalue weighted by atomic mass is 10.1. The maximum absolute atomic E-state index is 13.1. The summed E-state index contributed by atoms with van der Waals surface area (Å²) in [4.78, 5) is 32.4. The van der Waals surface area contributed by atoms with E-state index in [-0.39, 0.29) is 24.3 Å². The van der Waals surface area contributed by atoms with E-state index in [9.17, 15) is 9.59 Å². The van der Waals surface area contributed by atoms with E-state index >= 15 is 0 Å². The Morgan fingerprint density at radius 2 is 1.77 bits per heavy atom. The van der Waals surface area contributed by atoms with Gasteiger partial charge in [0.2, 0.25) is 11.8 Å². The van der Waals surface area contributed by atoms with Gasteiger partial charge in [0, 0.05) is 18.2 Å². The predicted octanol–water partition coefficient (Wildman–Crippen LogP) is 5.04. The second kappa shape index (κ2) is 8.26. The molecule has 2 amide bonds. The van der Waals surface area contributed by atoms with E-state index in [2.05, 4.69) is 19.2 Å². The smallest absolute Gasteiger partial charge is 0.242 e. The van der Waals surface area contributed by atoms with E-state index < -0.39 is 5.25 Å². The first-order valence-electron chi connectivity index (χ1n) is 10.3. The Morgan fingerprint density at radius 3 is 2.40 bits per heavy atom. The lowest BCUT2D eigenvalue weighted by Crippen LogP contribution is -2.35. The highest BCUT2D eigenvalue weighted by Crippen LogP contribution is 2.39. The van der Waals surface area contributed by atoms with Gasteiger partial charge < -0.3 is 5.32 Å². The first kappa shape index (κ1) is 20.7. The van der Waals surface area contributed by atoms with Gasteiger partial charge in [-0.3, -0.25) is 14.5 Å². The minimum absolute atomic E-state index is 0.00161. The van der Waals surface area contributed by atoms with E-state index in [1.807, 2.05) is 55.1 Å².